The van der Waals surface area contributed by atoms with Gasteiger partial charge in [-0.2, -0.15) is 0 Å². The summed E-state index contributed by atoms with van der Waals surface area (Å²) >= 11 is 3.34. The average Bonchev–Trinajstić information content (AvgIpc) is 2.86. The van der Waals surface area contributed by atoms with Crippen molar-refractivity contribution in [3.63, 3.8) is 0 Å². The second-order valence-corrected chi connectivity index (χ2v) is 5.07. The van der Waals surface area contributed by atoms with E-state index in [9.17, 15) is 4.79 Å². The van der Waals surface area contributed by atoms with E-state index in [2.05, 4.69) is 28.2 Å². The lowest BCUT2D eigenvalue weighted by Crippen LogP contribution is -2.37. The van der Waals surface area contributed by atoms with E-state index in [0.717, 1.165) is 18.8 Å². The fourth-order valence-corrected chi connectivity index (χ4v) is 1.56. The highest BCUT2D eigenvalue weighted by molar-refractivity contribution is 9.10. The molecule has 0 aromatic heterocycles. The third-order valence-corrected chi connectivity index (χ3v) is 3.48. The number of alkyl halides is 1. The zero-order chi connectivity index (χ0) is 9.84. The molecule has 0 spiro atoms. The average molecular weight is 248 g/mol. The van der Waals surface area contributed by atoms with Crippen molar-refractivity contribution in [2.24, 2.45) is 5.92 Å². The number of amides is 1. The first-order valence-corrected chi connectivity index (χ1v) is 5.99. The van der Waals surface area contributed by atoms with Gasteiger partial charge in [0.15, 0.2) is 0 Å². The summed E-state index contributed by atoms with van der Waals surface area (Å²) in [6.45, 7) is 4.09. The molecular weight excluding hydrogens is 230 g/mol. The van der Waals surface area contributed by atoms with Crippen LogP contribution in [0.1, 0.15) is 39.5 Å². The van der Waals surface area contributed by atoms with Crippen LogP contribution in [0, 0.1) is 5.92 Å². The van der Waals surface area contributed by atoms with Crippen molar-refractivity contribution < 1.29 is 4.79 Å². The molecule has 76 valence electrons. The second kappa shape index (κ2) is 4.99. The molecule has 0 heterocycles. The van der Waals surface area contributed by atoms with Crippen molar-refractivity contribution in [1.29, 1.82) is 0 Å². The molecule has 1 amide bonds. The van der Waals surface area contributed by atoms with E-state index in [-0.39, 0.29) is 10.7 Å². The maximum atomic E-state index is 11.4. The minimum absolute atomic E-state index is 0.0193. The molecule has 0 aromatic carbocycles. The first-order chi connectivity index (χ1) is 6.13. The summed E-state index contributed by atoms with van der Waals surface area (Å²) in [5, 5.41) is 3.02. The van der Waals surface area contributed by atoms with Crippen LogP contribution < -0.4 is 5.32 Å². The molecule has 2 atom stereocenters. The summed E-state index contributed by atoms with van der Waals surface area (Å²) in [4.78, 5) is 11.4. The van der Waals surface area contributed by atoms with Gasteiger partial charge in [-0.15, -0.1) is 0 Å². The lowest BCUT2D eigenvalue weighted by molar-refractivity contribution is -0.121. The quantitative estimate of drug-likeness (QED) is 0.744. The molecule has 1 rings (SSSR count). The van der Waals surface area contributed by atoms with Crippen molar-refractivity contribution in [3.05, 3.63) is 0 Å². The Labute approximate surface area is 88.6 Å². The van der Waals surface area contributed by atoms with E-state index in [4.69, 9.17) is 0 Å². The van der Waals surface area contributed by atoms with E-state index < -0.39 is 0 Å². The van der Waals surface area contributed by atoms with E-state index in [1.54, 1.807) is 0 Å². The van der Waals surface area contributed by atoms with Gasteiger partial charge in [-0.25, -0.2) is 0 Å². The van der Waals surface area contributed by atoms with Crippen molar-refractivity contribution in [2.75, 3.05) is 0 Å². The van der Waals surface area contributed by atoms with Gasteiger partial charge in [0.2, 0.25) is 5.91 Å². The molecule has 1 aliphatic carbocycles. The number of hydrogen-bond donors (Lipinski definition) is 1. The van der Waals surface area contributed by atoms with E-state index in [1.165, 1.54) is 12.8 Å². The molecule has 0 radical (unpaired) electrons. The zero-order valence-electron chi connectivity index (χ0n) is 8.35. The van der Waals surface area contributed by atoms with Gasteiger partial charge >= 0.3 is 0 Å². The molecule has 0 aromatic rings. The molecule has 2 nitrogen and oxygen atoms in total. The second-order valence-electron chi connectivity index (χ2n) is 3.96. The van der Waals surface area contributed by atoms with Gasteiger partial charge in [-0.1, -0.05) is 35.7 Å². The molecule has 3 heteroatoms. The van der Waals surface area contributed by atoms with E-state index in [0.29, 0.717) is 6.04 Å². The summed E-state index contributed by atoms with van der Waals surface area (Å²) in [5.41, 5.74) is 0. The van der Waals surface area contributed by atoms with E-state index >= 15 is 0 Å². The van der Waals surface area contributed by atoms with Gasteiger partial charge in [0, 0.05) is 6.04 Å². The van der Waals surface area contributed by atoms with Crippen LogP contribution in [0.3, 0.4) is 0 Å². The summed E-state index contributed by atoms with van der Waals surface area (Å²) in [5.74, 6) is 1.02. The zero-order valence-corrected chi connectivity index (χ0v) is 9.93. The van der Waals surface area contributed by atoms with Crippen LogP contribution in [0.4, 0.5) is 0 Å². The van der Waals surface area contributed by atoms with Crippen molar-refractivity contribution in [3.8, 4) is 0 Å². The molecule has 1 aliphatic rings. The highest BCUT2D eigenvalue weighted by Gasteiger charge is 2.24. The number of nitrogens with one attached hydrogen (secondary N) is 1. The summed E-state index contributed by atoms with van der Waals surface area (Å²) in [7, 11) is 0. The molecule has 1 fully saturated rings. The fourth-order valence-electron chi connectivity index (χ4n) is 1.43. The molecular formula is C10H18BrNO. The smallest absolute Gasteiger partial charge is 0.233 e. The normalized spacial score (nSPS) is 20.8. The Morgan fingerprint density at radius 3 is 2.69 bits per heavy atom. The van der Waals surface area contributed by atoms with E-state index in [1.807, 2.05) is 6.92 Å². The Balaban J connectivity index is 2.17. The SMILES string of the molecule is CCC(Br)C(=O)NC(C)CC1CC1. The van der Waals surface area contributed by atoms with Gasteiger partial charge in [-0.3, -0.25) is 4.79 Å². The van der Waals surface area contributed by atoms with Crippen LogP contribution in [0.5, 0.6) is 0 Å². The molecule has 0 aliphatic heterocycles. The third-order valence-electron chi connectivity index (χ3n) is 2.42. The van der Waals surface area contributed by atoms with Crippen LogP contribution in [-0.2, 0) is 4.79 Å². The standard InChI is InChI=1S/C10H18BrNO/c1-3-9(11)10(13)12-7(2)6-8-4-5-8/h7-9H,3-6H2,1-2H3,(H,12,13). The Morgan fingerprint density at radius 2 is 2.23 bits per heavy atom. The van der Waals surface area contributed by atoms with Crippen LogP contribution in [0.2, 0.25) is 0 Å². The Hall–Kier alpha value is -0.0500. The van der Waals surface area contributed by atoms with Crippen LogP contribution in [0.15, 0.2) is 0 Å². The number of carbonyl (C=O) groups is 1. The molecule has 2 unspecified atom stereocenters. The summed E-state index contributed by atoms with van der Waals surface area (Å²) < 4.78 is 0. The number of hydrogen-bond acceptors (Lipinski definition) is 1. The highest BCUT2D eigenvalue weighted by Crippen LogP contribution is 2.33. The maximum absolute atomic E-state index is 11.4. The predicted octanol–water partition coefficient (Wildman–Crippen LogP) is 2.46. The van der Waals surface area contributed by atoms with Crippen molar-refractivity contribution >= 4 is 21.8 Å². The molecule has 1 saturated carbocycles. The summed E-state index contributed by atoms with van der Waals surface area (Å²) in [6.07, 6.45) is 4.70. The molecule has 1 N–H and O–H groups in total. The van der Waals surface area contributed by atoms with Gasteiger partial charge in [0.1, 0.15) is 0 Å². The first-order valence-electron chi connectivity index (χ1n) is 5.08. The lowest BCUT2D eigenvalue weighted by Gasteiger charge is -2.15. The van der Waals surface area contributed by atoms with Crippen molar-refractivity contribution in [1.82, 2.24) is 5.32 Å². The molecule has 0 saturated heterocycles. The number of rotatable bonds is 5. The first kappa shape index (κ1) is 11.0. The minimum Gasteiger partial charge on any atom is -0.353 e. The Kier molecular flexibility index (Phi) is 4.23. The van der Waals surface area contributed by atoms with Crippen molar-refractivity contribution in [2.45, 2.75) is 50.4 Å². The predicted molar refractivity (Wildman–Crippen MR) is 58.0 cm³/mol. The van der Waals surface area contributed by atoms with Gasteiger partial charge in [0.25, 0.3) is 0 Å². The Morgan fingerprint density at radius 1 is 1.62 bits per heavy atom. The Bertz CT molecular complexity index is 180. The number of halogens is 1. The topological polar surface area (TPSA) is 29.1 Å². The molecule has 0 bridgehead atoms. The van der Waals surface area contributed by atoms with Gasteiger partial charge in [-0.05, 0) is 25.7 Å². The third kappa shape index (κ3) is 4.12. The van der Waals surface area contributed by atoms with Crippen LogP contribution >= 0.6 is 15.9 Å². The van der Waals surface area contributed by atoms with Gasteiger partial charge < -0.3 is 5.32 Å². The maximum Gasteiger partial charge on any atom is 0.233 e. The largest absolute Gasteiger partial charge is 0.353 e. The lowest BCUT2D eigenvalue weighted by atomic mass is 10.1. The number of carbonyl (C=O) groups excluding carboxylic acids is 1. The minimum atomic E-state index is -0.0193. The summed E-state index contributed by atoms with van der Waals surface area (Å²) in [6, 6.07) is 0.339. The van der Waals surface area contributed by atoms with Crippen LogP contribution in [0.25, 0.3) is 0 Å². The monoisotopic (exact) mass is 247 g/mol. The van der Waals surface area contributed by atoms with Crippen LogP contribution in [-0.4, -0.2) is 16.8 Å². The highest BCUT2D eigenvalue weighted by atomic mass is 79.9. The fraction of sp³-hybridized carbons (Fsp3) is 0.900. The molecule has 13 heavy (non-hydrogen) atoms. The van der Waals surface area contributed by atoms with Gasteiger partial charge in [0.05, 0.1) is 4.83 Å².